The summed E-state index contributed by atoms with van der Waals surface area (Å²) in [6.45, 7) is 9.06. The Morgan fingerprint density at radius 3 is 2.42 bits per heavy atom. The van der Waals surface area contributed by atoms with E-state index >= 15 is 0 Å². The Balaban J connectivity index is 2.41. The van der Waals surface area contributed by atoms with Crippen molar-refractivity contribution in [1.29, 1.82) is 0 Å². The lowest BCUT2D eigenvalue weighted by Crippen LogP contribution is -2.30. The molecular formula is C10H22N2. The molecule has 0 aliphatic carbocycles. The Morgan fingerprint density at radius 2 is 2.00 bits per heavy atom. The second-order valence-corrected chi connectivity index (χ2v) is 4.02. The van der Waals surface area contributed by atoms with Gasteiger partial charge < -0.3 is 10.6 Å². The van der Waals surface area contributed by atoms with E-state index in [-0.39, 0.29) is 0 Å². The summed E-state index contributed by atoms with van der Waals surface area (Å²) in [6, 6.07) is 0. The minimum atomic E-state index is 0.620. The molecule has 0 aromatic rings. The zero-order chi connectivity index (χ0) is 9.03. The summed E-state index contributed by atoms with van der Waals surface area (Å²) in [5.41, 5.74) is 6.16. The van der Waals surface area contributed by atoms with Crippen molar-refractivity contribution in [2.24, 2.45) is 11.1 Å². The summed E-state index contributed by atoms with van der Waals surface area (Å²) in [5, 5.41) is 0. The van der Waals surface area contributed by atoms with Crippen LogP contribution in [0.25, 0.3) is 0 Å². The smallest absolute Gasteiger partial charge is 0.0105 e. The van der Waals surface area contributed by atoms with Gasteiger partial charge in [0.2, 0.25) is 0 Å². The molecule has 72 valence electrons. The molecule has 12 heavy (non-hydrogen) atoms. The molecule has 1 aliphatic rings. The first kappa shape index (κ1) is 10.0. The number of hydrogen-bond acceptors (Lipinski definition) is 2. The van der Waals surface area contributed by atoms with E-state index < -0.39 is 0 Å². The van der Waals surface area contributed by atoms with E-state index in [1.54, 1.807) is 0 Å². The van der Waals surface area contributed by atoms with Crippen LogP contribution in [0.1, 0.15) is 33.1 Å². The zero-order valence-corrected chi connectivity index (χ0v) is 8.47. The van der Waals surface area contributed by atoms with E-state index in [4.69, 9.17) is 5.73 Å². The Morgan fingerprint density at radius 1 is 1.33 bits per heavy atom. The third kappa shape index (κ3) is 1.99. The highest BCUT2D eigenvalue weighted by Gasteiger charge is 2.34. The molecule has 1 rings (SSSR count). The fourth-order valence-corrected chi connectivity index (χ4v) is 2.23. The van der Waals surface area contributed by atoms with Crippen molar-refractivity contribution < 1.29 is 0 Å². The Kier molecular flexibility index (Phi) is 3.53. The predicted octanol–water partition coefficient (Wildman–Crippen LogP) is 1.46. The first-order chi connectivity index (χ1) is 5.76. The van der Waals surface area contributed by atoms with Gasteiger partial charge in [0.05, 0.1) is 0 Å². The fourth-order valence-electron chi connectivity index (χ4n) is 2.23. The predicted molar refractivity (Wildman–Crippen MR) is 53.1 cm³/mol. The minimum absolute atomic E-state index is 0.620. The molecule has 0 spiro atoms. The van der Waals surface area contributed by atoms with E-state index in [2.05, 4.69) is 18.7 Å². The molecule has 0 aromatic carbocycles. The monoisotopic (exact) mass is 170 g/mol. The quantitative estimate of drug-likeness (QED) is 0.692. The van der Waals surface area contributed by atoms with Gasteiger partial charge in [-0.1, -0.05) is 13.8 Å². The van der Waals surface area contributed by atoms with Gasteiger partial charge in [0, 0.05) is 19.6 Å². The highest BCUT2D eigenvalue weighted by atomic mass is 15.2. The average Bonchev–Trinajstić information content (AvgIpc) is 2.50. The van der Waals surface area contributed by atoms with Crippen molar-refractivity contribution in [2.75, 3.05) is 26.2 Å². The molecule has 0 radical (unpaired) electrons. The number of nitrogens with zero attached hydrogens (tertiary/aromatic N) is 1. The lowest BCUT2D eigenvalue weighted by atomic mass is 9.82. The standard InChI is InChI=1S/C10H22N2/c1-3-10(4-2)5-7-12(9-10)8-6-11/h3-9,11H2,1-2H3. The first-order valence-corrected chi connectivity index (χ1v) is 5.19. The van der Waals surface area contributed by atoms with Crippen LogP contribution in [-0.2, 0) is 0 Å². The molecule has 0 aromatic heterocycles. The summed E-state index contributed by atoms with van der Waals surface area (Å²) < 4.78 is 0. The van der Waals surface area contributed by atoms with Gasteiger partial charge in [0.1, 0.15) is 0 Å². The van der Waals surface area contributed by atoms with Crippen LogP contribution in [0.5, 0.6) is 0 Å². The zero-order valence-electron chi connectivity index (χ0n) is 8.47. The Labute approximate surface area is 76.1 Å². The number of likely N-dealkylation sites (tertiary alicyclic amines) is 1. The van der Waals surface area contributed by atoms with E-state index in [0.717, 1.165) is 13.1 Å². The van der Waals surface area contributed by atoms with E-state index in [1.807, 2.05) is 0 Å². The van der Waals surface area contributed by atoms with Crippen molar-refractivity contribution in [3.63, 3.8) is 0 Å². The van der Waals surface area contributed by atoms with E-state index in [9.17, 15) is 0 Å². The van der Waals surface area contributed by atoms with Crippen LogP contribution in [0.3, 0.4) is 0 Å². The lowest BCUT2D eigenvalue weighted by molar-refractivity contribution is 0.243. The van der Waals surface area contributed by atoms with Crippen LogP contribution in [0.4, 0.5) is 0 Å². The highest BCUT2D eigenvalue weighted by molar-refractivity contribution is 4.87. The molecular weight excluding hydrogens is 148 g/mol. The summed E-state index contributed by atoms with van der Waals surface area (Å²) in [6.07, 6.45) is 4.02. The van der Waals surface area contributed by atoms with Gasteiger partial charge in [-0.05, 0) is 31.2 Å². The van der Waals surface area contributed by atoms with Gasteiger partial charge in [-0.3, -0.25) is 0 Å². The van der Waals surface area contributed by atoms with E-state index in [1.165, 1.54) is 32.4 Å². The number of rotatable bonds is 4. The molecule has 1 saturated heterocycles. The Bertz CT molecular complexity index is 130. The molecule has 0 amide bonds. The van der Waals surface area contributed by atoms with Crippen molar-refractivity contribution in [2.45, 2.75) is 33.1 Å². The second kappa shape index (κ2) is 4.24. The highest BCUT2D eigenvalue weighted by Crippen LogP contribution is 2.36. The van der Waals surface area contributed by atoms with Crippen LogP contribution < -0.4 is 5.73 Å². The maximum Gasteiger partial charge on any atom is 0.0105 e. The van der Waals surface area contributed by atoms with Gasteiger partial charge in [-0.15, -0.1) is 0 Å². The van der Waals surface area contributed by atoms with Crippen LogP contribution in [0.15, 0.2) is 0 Å². The van der Waals surface area contributed by atoms with Crippen LogP contribution in [0, 0.1) is 5.41 Å². The van der Waals surface area contributed by atoms with Crippen LogP contribution >= 0.6 is 0 Å². The molecule has 2 N–H and O–H groups in total. The summed E-state index contributed by atoms with van der Waals surface area (Å²) >= 11 is 0. The summed E-state index contributed by atoms with van der Waals surface area (Å²) in [5.74, 6) is 0. The van der Waals surface area contributed by atoms with Crippen molar-refractivity contribution >= 4 is 0 Å². The molecule has 0 saturated carbocycles. The van der Waals surface area contributed by atoms with Gasteiger partial charge in [0.15, 0.2) is 0 Å². The molecule has 0 unspecified atom stereocenters. The van der Waals surface area contributed by atoms with E-state index in [0.29, 0.717) is 5.41 Å². The molecule has 1 fully saturated rings. The number of nitrogens with two attached hydrogens (primary N) is 1. The van der Waals surface area contributed by atoms with Crippen molar-refractivity contribution in [3.8, 4) is 0 Å². The fraction of sp³-hybridized carbons (Fsp3) is 1.00. The molecule has 0 atom stereocenters. The van der Waals surface area contributed by atoms with Gasteiger partial charge in [-0.25, -0.2) is 0 Å². The minimum Gasteiger partial charge on any atom is -0.329 e. The maximum atomic E-state index is 5.54. The summed E-state index contributed by atoms with van der Waals surface area (Å²) in [7, 11) is 0. The molecule has 2 nitrogen and oxygen atoms in total. The van der Waals surface area contributed by atoms with Gasteiger partial charge in [0.25, 0.3) is 0 Å². The van der Waals surface area contributed by atoms with Crippen molar-refractivity contribution in [3.05, 3.63) is 0 Å². The number of hydrogen-bond donors (Lipinski definition) is 1. The lowest BCUT2D eigenvalue weighted by Gasteiger charge is -2.26. The van der Waals surface area contributed by atoms with Gasteiger partial charge >= 0.3 is 0 Å². The average molecular weight is 170 g/mol. The molecule has 0 bridgehead atoms. The van der Waals surface area contributed by atoms with Gasteiger partial charge in [-0.2, -0.15) is 0 Å². The largest absolute Gasteiger partial charge is 0.329 e. The third-order valence-electron chi connectivity index (χ3n) is 3.46. The van der Waals surface area contributed by atoms with Crippen LogP contribution in [0.2, 0.25) is 0 Å². The molecule has 1 aliphatic heterocycles. The molecule has 1 heterocycles. The normalized spacial score (nSPS) is 23.2. The first-order valence-electron chi connectivity index (χ1n) is 5.19. The SMILES string of the molecule is CCC1(CC)CCN(CCN)C1. The van der Waals surface area contributed by atoms with Crippen molar-refractivity contribution in [1.82, 2.24) is 4.90 Å². The maximum absolute atomic E-state index is 5.54. The summed E-state index contributed by atoms with van der Waals surface area (Å²) in [4.78, 5) is 2.51. The topological polar surface area (TPSA) is 29.3 Å². The Hall–Kier alpha value is -0.0800. The second-order valence-electron chi connectivity index (χ2n) is 4.02. The molecule has 2 heteroatoms. The third-order valence-corrected chi connectivity index (χ3v) is 3.46. The van der Waals surface area contributed by atoms with Crippen LogP contribution in [-0.4, -0.2) is 31.1 Å².